The lowest BCUT2D eigenvalue weighted by Gasteiger charge is -2.08. The van der Waals surface area contributed by atoms with Crippen LogP contribution in [0.25, 0.3) is 0 Å². The molecule has 20 heavy (non-hydrogen) atoms. The second-order valence-electron chi connectivity index (χ2n) is 4.96. The van der Waals surface area contributed by atoms with E-state index in [9.17, 15) is 0 Å². The van der Waals surface area contributed by atoms with Gasteiger partial charge in [0.2, 0.25) is 0 Å². The van der Waals surface area contributed by atoms with Crippen molar-refractivity contribution < 1.29 is 4.74 Å². The normalized spacial score (nSPS) is 10.8. The van der Waals surface area contributed by atoms with E-state index < -0.39 is 0 Å². The summed E-state index contributed by atoms with van der Waals surface area (Å²) < 4.78 is 7.58. The SMILES string of the molecule is Cc1ccc(OCCCn2cc(CCN)nn2)cc1C. The van der Waals surface area contributed by atoms with Crippen LogP contribution >= 0.6 is 0 Å². The van der Waals surface area contributed by atoms with E-state index >= 15 is 0 Å². The Kier molecular flexibility index (Phi) is 5.12. The molecule has 5 nitrogen and oxygen atoms in total. The topological polar surface area (TPSA) is 66.0 Å². The van der Waals surface area contributed by atoms with Crippen molar-refractivity contribution in [2.24, 2.45) is 5.73 Å². The zero-order valence-corrected chi connectivity index (χ0v) is 12.2. The molecule has 0 saturated heterocycles. The Morgan fingerprint density at radius 1 is 1.25 bits per heavy atom. The molecule has 0 aliphatic heterocycles. The van der Waals surface area contributed by atoms with Gasteiger partial charge in [-0.1, -0.05) is 11.3 Å². The van der Waals surface area contributed by atoms with Crippen LogP contribution in [0.5, 0.6) is 5.75 Å². The molecule has 0 aliphatic rings. The highest BCUT2D eigenvalue weighted by atomic mass is 16.5. The van der Waals surface area contributed by atoms with Gasteiger partial charge in [-0.25, -0.2) is 0 Å². The minimum atomic E-state index is 0.606. The minimum Gasteiger partial charge on any atom is -0.494 e. The Morgan fingerprint density at radius 2 is 2.10 bits per heavy atom. The van der Waals surface area contributed by atoms with Crippen molar-refractivity contribution in [1.29, 1.82) is 0 Å². The molecule has 1 aromatic carbocycles. The fourth-order valence-corrected chi connectivity index (χ4v) is 1.93. The third kappa shape index (κ3) is 4.06. The molecule has 1 aromatic heterocycles. The zero-order valence-electron chi connectivity index (χ0n) is 12.2. The molecular formula is C15H22N4O. The highest BCUT2D eigenvalue weighted by molar-refractivity contribution is 5.33. The average Bonchev–Trinajstić information content (AvgIpc) is 2.87. The molecule has 0 amide bonds. The van der Waals surface area contributed by atoms with E-state index in [1.54, 1.807) is 0 Å². The van der Waals surface area contributed by atoms with Crippen molar-refractivity contribution in [3.8, 4) is 5.75 Å². The maximum Gasteiger partial charge on any atom is 0.119 e. The molecule has 0 spiro atoms. The first-order valence-corrected chi connectivity index (χ1v) is 6.98. The number of hydrogen-bond acceptors (Lipinski definition) is 4. The molecular weight excluding hydrogens is 252 g/mol. The van der Waals surface area contributed by atoms with Crippen molar-refractivity contribution in [3.05, 3.63) is 41.2 Å². The molecule has 1 heterocycles. The maximum atomic E-state index is 5.74. The summed E-state index contributed by atoms with van der Waals surface area (Å²) in [6, 6.07) is 6.17. The molecule has 0 bridgehead atoms. The number of ether oxygens (including phenoxy) is 1. The van der Waals surface area contributed by atoms with E-state index in [2.05, 4.69) is 36.3 Å². The lowest BCUT2D eigenvalue weighted by atomic mass is 10.1. The fourth-order valence-electron chi connectivity index (χ4n) is 1.93. The molecule has 0 saturated carbocycles. The van der Waals surface area contributed by atoms with Crippen LogP contribution in [0, 0.1) is 13.8 Å². The first-order valence-electron chi connectivity index (χ1n) is 6.98. The number of rotatable bonds is 7. The van der Waals surface area contributed by atoms with Crippen LogP contribution in [-0.2, 0) is 13.0 Å². The van der Waals surface area contributed by atoms with Gasteiger partial charge in [0.1, 0.15) is 5.75 Å². The van der Waals surface area contributed by atoms with Crippen LogP contribution in [0.15, 0.2) is 24.4 Å². The van der Waals surface area contributed by atoms with E-state index in [1.165, 1.54) is 11.1 Å². The monoisotopic (exact) mass is 274 g/mol. The highest BCUT2D eigenvalue weighted by Gasteiger charge is 2.00. The van der Waals surface area contributed by atoms with Crippen molar-refractivity contribution in [1.82, 2.24) is 15.0 Å². The molecule has 5 heteroatoms. The third-order valence-corrected chi connectivity index (χ3v) is 3.27. The van der Waals surface area contributed by atoms with Crippen LogP contribution in [0.2, 0.25) is 0 Å². The van der Waals surface area contributed by atoms with Crippen LogP contribution in [0.3, 0.4) is 0 Å². The lowest BCUT2D eigenvalue weighted by Crippen LogP contribution is -2.05. The summed E-state index contributed by atoms with van der Waals surface area (Å²) in [4.78, 5) is 0. The molecule has 2 rings (SSSR count). The standard InChI is InChI=1S/C15H22N4O/c1-12-4-5-15(10-13(12)2)20-9-3-8-19-11-14(6-7-16)17-18-19/h4-5,10-11H,3,6-9,16H2,1-2H3. The van der Waals surface area contributed by atoms with E-state index in [-0.39, 0.29) is 0 Å². The number of hydrogen-bond donors (Lipinski definition) is 1. The predicted octanol–water partition coefficient (Wildman–Crippen LogP) is 1.87. The Morgan fingerprint density at radius 3 is 2.85 bits per heavy atom. The molecule has 108 valence electrons. The number of benzene rings is 1. The van der Waals surface area contributed by atoms with Crippen molar-refractivity contribution in [2.45, 2.75) is 33.2 Å². The van der Waals surface area contributed by atoms with Crippen molar-refractivity contribution in [2.75, 3.05) is 13.2 Å². The van der Waals surface area contributed by atoms with Gasteiger partial charge >= 0.3 is 0 Å². The lowest BCUT2D eigenvalue weighted by molar-refractivity contribution is 0.297. The molecule has 0 unspecified atom stereocenters. The number of aromatic nitrogens is 3. The molecule has 2 aromatic rings. The first kappa shape index (κ1) is 14.5. The average molecular weight is 274 g/mol. The summed E-state index contributed by atoms with van der Waals surface area (Å²) in [5.74, 6) is 0.926. The van der Waals surface area contributed by atoms with Crippen molar-refractivity contribution >= 4 is 0 Å². The van der Waals surface area contributed by atoms with E-state index in [0.29, 0.717) is 13.2 Å². The summed E-state index contributed by atoms with van der Waals surface area (Å²) in [5, 5.41) is 8.12. The van der Waals surface area contributed by atoms with Gasteiger partial charge in [0.05, 0.1) is 12.3 Å². The zero-order chi connectivity index (χ0) is 14.4. The smallest absolute Gasteiger partial charge is 0.119 e. The van der Waals surface area contributed by atoms with Gasteiger partial charge in [0, 0.05) is 25.6 Å². The van der Waals surface area contributed by atoms with E-state index in [0.717, 1.165) is 30.8 Å². The van der Waals surface area contributed by atoms with Crippen molar-refractivity contribution in [3.63, 3.8) is 0 Å². The second kappa shape index (κ2) is 7.05. The van der Waals surface area contributed by atoms with Crippen LogP contribution < -0.4 is 10.5 Å². The summed E-state index contributed by atoms with van der Waals surface area (Å²) >= 11 is 0. The Bertz CT molecular complexity index is 551. The summed E-state index contributed by atoms with van der Waals surface area (Å²) in [6.07, 6.45) is 3.63. The number of nitrogens with zero attached hydrogens (tertiary/aromatic N) is 3. The Hall–Kier alpha value is -1.88. The van der Waals surface area contributed by atoms with E-state index in [4.69, 9.17) is 10.5 Å². The van der Waals surface area contributed by atoms with Crippen LogP contribution in [0.1, 0.15) is 23.2 Å². The Labute approximate surface area is 119 Å². The van der Waals surface area contributed by atoms with Gasteiger partial charge in [-0.2, -0.15) is 0 Å². The molecule has 0 aliphatic carbocycles. The second-order valence-corrected chi connectivity index (χ2v) is 4.96. The Balaban J connectivity index is 1.74. The van der Waals surface area contributed by atoms with Crippen LogP contribution in [0.4, 0.5) is 0 Å². The van der Waals surface area contributed by atoms with E-state index in [1.807, 2.05) is 16.9 Å². The third-order valence-electron chi connectivity index (χ3n) is 3.27. The number of aryl methyl sites for hydroxylation is 3. The predicted molar refractivity (Wildman–Crippen MR) is 78.8 cm³/mol. The fraction of sp³-hybridized carbons (Fsp3) is 0.467. The van der Waals surface area contributed by atoms with Gasteiger partial charge in [-0.15, -0.1) is 5.10 Å². The first-order chi connectivity index (χ1) is 9.69. The minimum absolute atomic E-state index is 0.606. The maximum absolute atomic E-state index is 5.74. The quantitative estimate of drug-likeness (QED) is 0.783. The molecule has 0 fully saturated rings. The highest BCUT2D eigenvalue weighted by Crippen LogP contribution is 2.16. The van der Waals surface area contributed by atoms with Crippen LogP contribution in [-0.4, -0.2) is 28.1 Å². The molecule has 2 N–H and O–H groups in total. The van der Waals surface area contributed by atoms with Gasteiger partial charge in [-0.05, 0) is 43.7 Å². The van der Waals surface area contributed by atoms with Gasteiger partial charge < -0.3 is 10.5 Å². The van der Waals surface area contributed by atoms with Gasteiger partial charge in [-0.3, -0.25) is 4.68 Å². The summed E-state index contributed by atoms with van der Waals surface area (Å²) in [5.41, 5.74) is 8.97. The summed E-state index contributed by atoms with van der Waals surface area (Å²) in [7, 11) is 0. The van der Waals surface area contributed by atoms with Gasteiger partial charge in [0.25, 0.3) is 0 Å². The summed E-state index contributed by atoms with van der Waals surface area (Å²) in [6.45, 7) is 6.28. The largest absolute Gasteiger partial charge is 0.494 e. The molecule has 0 atom stereocenters. The van der Waals surface area contributed by atoms with Gasteiger partial charge in [0.15, 0.2) is 0 Å². The molecule has 0 radical (unpaired) electrons. The number of nitrogens with two attached hydrogens (primary N) is 1.